The molecular weight excluding hydrogens is 178 g/mol. The predicted octanol–water partition coefficient (Wildman–Crippen LogP) is 1.37. The van der Waals surface area contributed by atoms with Gasteiger partial charge in [0.05, 0.1) is 19.3 Å². The molecule has 76 valence electrons. The van der Waals surface area contributed by atoms with Crippen LogP contribution in [0.3, 0.4) is 0 Å². The van der Waals surface area contributed by atoms with Crippen molar-refractivity contribution in [1.29, 1.82) is 0 Å². The Morgan fingerprint density at radius 1 is 1.14 bits per heavy atom. The van der Waals surface area contributed by atoms with Gasteiger partial charge in [-0.3, -0.25) is 0 Å². The molecule has 1 fully saturated rings. The van der Waals surface area contributed by atoms with E-state index in [0.717, 1.165) is 5.56 Å². The summed E-state index contributed by atoms with van der Waals surface area (Å²) in [7, 11) is 0. The van der Waals surface area contributed by atoms with Gasteiger partial charge in [0.15, 0.2) is 6.29 Å². The van der Waals surface area contributed by atoms with Crippen LogP contribution in [0.1, 0.15) is 17.4 Å². The van der Waals surface area contributed by atoms with Crippen molar-refractivity contribution in [2.45, 2.75) is 19.3 Å². The van der Waals surface area contributed by atoms with Crippen LogP contribution in [0.25, 0.3) is 0 Å². The zero-order valence-electron chi connectivity index (χ0n) is 8.27. The highest BCUT2D eigenvalue weighted by atomic mass is 16.7. The third-order valence-electron chi connectivity index (χ3n) is 2.27. The van der Waals surface area contributed by atoms with Crippen molar-refractivity contribution in [2.75, 3.05) is 13.2 Å². The lowest BCUT2D eigenvalue weighted by Gasteiger charge is -2.27. The molecule has 0 unspecified atom stereocenters. The molecule has 2 rings (SSSR count). The topological polar surface area (TPSA) is 44.5 Å². The Morgan fingerprint density at radius 2 is 1.71 bits per heavy atom. The maximum absolute atomic E-state index is 5.65. The van der Waals surface area contributed by atoms with Gasteiger partial charge in [-0.15, -0.1) is 0 Å². The van der Waals surface area contributed by atoms with E-state index < -0.39 is 0 Å². The van der Waals surface area contributed by atoms with E-state index in [-0.39, 0.29) is 12.3 Å². The van der Waals surface area contributed by atoms with E-state index in [1.165, 1.54) is 5.56 Å². The van der Waals surface area contributed by atoms with Crippen LogP contribution < -0.4 is 5.73 Å². The third kappa shape index (κ3) is 2.12. The second-order valence-electron chi connectivity index (χ2n) is 3.67. The van der Waals surface area contributed by atoms with Crippen LogP contribution in [-0.2, 0) is 9.47 Å². The highest BCUT2D eigenvalue weighted by molar-refractivity contribution is 5.22. The van der Waals surface area contributed by atoms with E-state index >= 15 is 0 Å². The lowest BCUT2D eigenvalue weighted by molar-refractivity contribution is -0.189. The number of hydrogen-bond acceptors (Lipinski definition) is 3. The Balaban J connectivity index is 2.05. The van der Waals surface area contributed by atoms with E-state index in [2.05, 4.69) is 19.1 Å². The molecule has 0 amide bonds. The maximum Gasteiger partial charge on any atom is 0.183 e. The van der Waals surface area contributed by atoms with Gasteiger partial charge in [0.25, 0.3) is 0 Å². The summed E-state index contributed by atoms with van der Waals surface area (Å²) in [5.74, 6) is 0. The molecular formula is C11H15NO2. The molecule has 0 atom stereocenters. The number of rotatable bonds is 1. The van der Waals surface area contributed by atoms with Crippen LogP contribution in [0, 0.1) is 6.92 Å². The van der Waals surface area contributed by atoms with Gasteiger partial charge in [0.1, 0.15) is 0 Å². The zero-order chi connectivity index (χ0) is 9.97. The van der Waals surface area contributed by atoms with Gasteiger partial charge >= 0.3 is 0 Å². The van der Waals surface area contributed by atoms with Gasteiger partial charge in [-0.1, -0.05) is 29.8 Å². The van der Waals surface area contributed by atoms with Gasteiger partial charge < -0.3 is 15.2 Å². The van der Waals surface area contributed by atoms with E-state index in [0.29, 0.717) is 13.2 Å². The van der Waals surface area contributed by atoms with Gasteiger partial charge in [0.2, 0.25) is 0 Å². The first-order valence-corrected chi connectivity index (χ1v) is 4.81. The summed E-state index contributed by atoms with van der Waals surface area (Å²) in [5.41, 5.74) is 7.94. The van der Waals surface area contributed by atoms with Crippen molar-refractivity contribution >= 4 is 0 Å². The molecule has 0 radical (unpaired) electrons. The Bertz CT molecular complexity index is 289. The fourth-order valence-electron chi connectivity index (χ4n) is 1.43. The van der Waals surface area contributed by atoms with Crippen molar-refractivity contribution < 1.29 is 9.47 Å². The van der Waals surface area contributed by atoms with Crippen molar-refractivity contribution in [3.8, 4) is 0 Å². The number of hydrogen-bond donors (Lipinski definition) is 1. The molecule has 1 heterocycles. The van der Waals surface area contributed by atoms with Crippen LogP contribution in [0.15, 0.2) is 24.3 Å². The molecule has 0 bridgehead atoms. The molecule has 1 aliphatic heterocycles. The van der Waals surface area contributed by atoms with Crippen LogP contribution in [0.2, 0.25) is 0 Å². The van der Waals surface area contributed by atoms with E-state index in [1.54, 1.807) is 0 Å². The van der Waals surface area contributed by atoms with E-state index in [4.69, 9.17) is 15.2 Å². The SMILES string of the molecule is Cc1ccc(C2OCC(N)CO2)cc1. The van der Waals surface area contributed by atoms with Crippen molar-refractivity contribution in [3.63, 3.8) is 0 Å². The third-order valence-corrected chi connectivity index (χ3v) is 2.27. The van der Waals surface area contributed by atoms with Crippen molar-refractivity contribution in [2.24, 2.45) is 5.73 Å². The molecule has 3 heteroatoms. The second kappa shape index (κ2) is 4.09. The molecule has 0 saturated carbocycles. The molecule has 3 nitrogen and oxygen atoms in total. The van der Waals surface area contributed by atoms with Gasteiger partial charge in [-0.05, 0) is 6.92 Å². The van der Waals surface area contributed by atoms with Crippen LogP contribution in [0.5, 0.6) is 0 Å². The molecule has 0 aromatic heterocycles. The lowest BCUT2D eigenvalue weighted by atomic mass is 10.1. The van der Waals surface area contributed by atoms with Crippen LogP contribution >= 0.6 is 0 Å². The number of ether oxygens (including phenoxy) is 2. The van der Waals surface area contributed by atoms with Crippen molar-refractivity contribution in [1.82, 2.24) is 0 Å². The highest BCUT2D eigenvalue weighted by Crippen LogP contribution is 2.22. The Hall–Kier alpha value is -0.900. The number of nitrogens with two attached hydrogens (primary N) is 1. The average Bonchev–Trinajstić information content (AvgIpc) is 2.21. The first kappa shape index (κ1) is 9.65. The summed E-state index contributed by atoms with van der Waals surface area (Å²) in [6, 6.07) is 8.16. The average molecular weight is 193 g/mol. The van der Waals surface area contributed by atoms with Gasteiger partial charge in [0, 0.05) is 5.56 Å². The summed E-state index contributed by atoms with van der Waals surface area (Å²) in [5, 5.41) is 0. The summed E-state index contributed by atoms with van der Waals surface area (Å²) in [6.07, 6.45) is -0.240. The lowest BCUT2D eigenvalue weighted by Crippen LogP contribution is -2.37. The van der Waals surface area contributed by atoms with Crippen LogP contribution in [0.4, 0.5) is 0 Å². The van der Waals surface area contributed by atoms with Gasteiger partial charge in [-0.2, -0.15) is 0 Å². The quantitative estimate of drug-likeness (QED) is 0.732. The molecule has 2 N–H and O–H groups in total. The minimum Gasteiger partial charge on any atom is -0.347 e. The Morgan fingerprint density at radius 3 is 2.29 bits per heavy atom. The summed E-state index contributed by atoms with van der Waals surface area (Å²) in [6.45, 7) is 3.19. The Labute approximate surface area is 83.8 Å². The molecule has 1 aromatic carbocycles. The first-order chi connectivity index (χ1) is 6.75. The first-order valence-electron chi connectivity index (χ1n) is 4.81. The van der Waals surface area contributed by atoms with Crippen molar-refractivity contribution in [3.05, 3.63) is 35.4 Å². The molecule has 0 spiro atoms. The number of aryl methyl sites for hydroxylation is 1. The van der Waals surface area contributed by atoms with Crippen LogP contribution in [-0.4, -0.2) is 19.3 Å². The predicted molar refractivity (Wildman–Crippen MR) is 53.8 cm³/mol. The zero-order valence-corrected chi connectivity index (χ0v) is 8.27. The fraction of sp³-hybridized carbons (Fsp3) is 0.455. The summed E-state index contributed by atoms with van der Waals surface area (Å²) in [4.78, 5) is 0. The molecule has 1 saturated heterocycles. The normalized spacial score (nSPS) is 27.6. The molecule has 14 heavy (non-hydrogen) atoms. The summed E-state index contributed by atoms with van der Waals surface area (Å²) < 4.78 is 10.9. The maximum atomic E-state index is 5.65. The van der Waals surface area contributed by atoms with E-state index in [1.807, 2.05) is 12.1 Å². The van der Waals surface area contributed by atoms with Gasteiger partial charge in [-0.25, -0.2) is 0 Å². The fourth-order valence-corrected chi connectivity index (χ4v) is 1.43. The number of benzene rings is 1. The molecule has 0 aliphatic carbocycles. The minimum absolute atomic E-state index is 0.0108. The van der Waals surface area contributed by atoms with E-state index in [9.17, 15) is 0 Å². The minimum atomic E-state index is -0.240. The molecule has 1 aliphatic rings. The largest absolute Gasteiger partial charge is 0.347 e. The highest BCUT2D eigenvalue weighted by Gasteiger charge is 2.20. The standard InChI is InChI=1S/C11H15NO2/c1-8-2-4-9(5-3-8)11-13-6-10(12)7-14-11/h2-5,10-11H,6-7,12H2,1H3. The summed E-state index contributed by atoms with van der Waals surface area (Å²) >= 11 is 0. The monoisotopic (exact) mass is 193 g/mol. The molecule has 1 aromatic rings. The smallest absolute Gasteiger partial charge is 0.183 e. The Kier molecular flexibility index (Phi) is 2.82. The second-order valence-corrected chi connectivity index (χ2v) is 3.67.